The van der Waals surface area contributed by atoms with Gasteiger partial charge in [-0.15, -0.1) is 0 Å². The molecule has 0 unspecified atom stereocenters. The van der Waals surface area contributed by atoms with E-state index in [4.69, 9.17) is 4.11 Å². The molecule has 4 rings (SSSR count). The van der Waals surface area contributed by atoms with Crippen molar-refractivity contribution in [3.05, 3.63) is 71.8 Å². The molecule has 134 valence electrons. The third-order valence-corrected chi connectivity index (χ3v) is 4.45. The van der Waals surface area contributed by atoms with E-state index in [2.05, 4.69) is 20.3 Å². The first-order valence-corrected chi connectivity index (χ1v) is 8.40. The predicted octanol–water partition coefficient (Wildman–Crippen LogP) is 3.90. The van der Waals surface area contributed by atoms with Crippen molar-refractivity contribution in [3.63, 3.8) is 0 Å². The lowest BCUT2D eigenvalue weighted by molar-refractivity contribution is 0.102. The van der Waals surface area contributed by atoms with Crippen molar-refractivity contribution in [3.8, 4) is 11.4 Å². The molecule has 0 aliphatic carbocycles. The number of amides is 1. The summed E-state index contributed by atoms with van der Waals surface area (Å²) in [5, 5.41) is 3.58. The largest absolute Gasteiger partial charge is 0.330 e. The Labute approximate surface area is 161 Å². The first-order valence-electron chi connectivity index (χ1n) is 9.90. The summed E-state index contributed by atoms with van der Waals surface area (Å²) in [5.41, 5.74) is 2.89. The number of fused-ring (bicyclic) bond motifs is 1. The zero-order valence-electron chi connectivity index (χ0n) is 17.9. The van der Waals surface area contributed by atoms with E-state index in [1.807, 2.05) is 30.7 Å². The van der Waals surface area contributed by atoms with Gasteiger partial charge in [0.15, 0.2) is 0 Å². The minimum Gasteiger partial charge on any atom is -0.330 e. The molecule has 6 nitrogen and oxygen atoms in total. The van der Waals surface area contributed by atoms with Crippen LogP contribution in [-0.2, 0) is 7.05 Å². The van der Waals surface area contributed by atoms with E-state index < -0.39 is 6.85 Å². The summed E-state index contributed by atoms with van der Waals surface area (Å²) < 4.78 is 24.2. The van der Waals surface area contributed by atoms with E-state index in [9.17, 15) is 4.79 Å². The summed E-state index contributed by atoms with van der Waals surface area (Å²) in [4.78, 5) is 25.8. The minimum atomic E-state index is -2.20. The zero-order chi connectivity index (χ0) is 21.5. The monoisotopic (exact) mass is 360 g/mol. The molecule has 3 aromatic heterocycles. The minimum absolute atomic E-state index is 0.185. The maximum atomic E-state index is 12.5. The first-order chi connectivity index (χ1) is 14.2. The third kappa shape index (κ3) is 3.29. The van der Waals surface area contributed by atoms with Gasteiger partial charge in [0.2, 0.25) is 0 Å². The molecule has 0 spiro atoms. The molecule has 0 radical (unpaired) electrons. The summed E-state index contributed by atoms with van der Waals surface area (Å²) in [6, 6.07) is 11.4. The number of aryl methyl sites for hydroxylation is 2. The van der Waals surface area contributed by atoms with Gasteiger partial charge in [0.25, 0.3) is 5.91 Å². The number of carbonyl (C=O) groups is 1. The fourth-order valence-electron chi connectivity index (χ4n) is 2.78. The number of rotatable bonds is 3. The van der Waals surface area contributed by atoms with Gasteiger partial charge in [0.1, 0.15) is 11.6 Å². The second-order valence-corrected chi connectivity index (χ2v) is 6.24. The maximum absolute atomic E-state index is 12.5. The SMILES string of the molecule is [2H]C([2H])([2H])c1ccc(C(=O)Nc2cc3nc(-c4cnc(C)n4C)ccc3cn2)cc1. The van der Waals surface area contributed by atoms with Crippen LogP contribution in [-0.4, -0.2) is 25.4 Å². The molecule has 1 N–H and O–H groups in total. The topological polar surface area (TPSA) is 72.7 Å². The molecule has 0 saturated carbocycles. The Morgan fingerprint density at radius 1 is 1.11 bits per heavy atom. The van der Waals surface area contributed by atoms with Crippen molar-refractivity contribution in [2.24, 2.45) is 7.05 Å². The highest BCUT2D eigenvalue weighted by Crippen LogP contribution is 2.22. The van der Waals surface area contributed by atoms with Gasteiger partial charge in [0.05, 0.1) is 23.1 Å². The number of imidazole rings is 1. The van der Waals surface area contributed by atoms with Crippen molar-refractivity contribution < 1.29 is 8.91 Å². The Bertz CT molecular complexity index is 1250. The number of nitrogens with one attached hydrogen (secondary N) is 1. The number of nitrogens with zero attached hydrogens (tertiary/aromatic N) is 4. The predicted molar refractivity (Wildman–Crippen MR) is 106 cm³/mol. The van der Waals surface area contributed by atoms with Crippen LogP contribution in [0.1, 0.15) is 25.9 Å². The van der Waals surface area contributed by atoms with Crippen molar-refractivity contribution >= 4 is 22.6 Å². The molecule has 3 heterocycles. The summed E-state index contributed by atoms with van der Waals surface area (Å²) >= 11 is 0. The van der Waals surface area contributed by atoms with Crippen LogP contribution in [0.15, 0.2) is 54.9 Å². The van der Waals surface area contributed by atoms with E-state index in [0.29, 0.717) is 16.9 Å². The Balaban J connectivity index is 1.60. The summed E-state index contributed by atoms with van der Waals surface area (Å²) in [5.74, 6) is 0.870. The molecule has 6 heteroatoms. The molecule has 27 heavy (non-hydrogen) atoms. The normalized spacial score (nSPS) is 13.0. The molecule has 0 bridgehead atoms. The number of aromatic nitrogens is 4. The van der Waals surface area contributed by atoms with E-state index in [1.165, 1.54) is 24.3 Å². The summed E-state index contributed by atoms with van der Waals surface area (Å²) in [6.07, 6.45) is 3.42. The number of anilines is 1. The second-order valence-electron chi connectivity index (χ2n) is 6.24. The van der Waals surface area contributed by atoms with Gasteiger partial charge in [-0.3, -0.25) is 4.79 Å². The molecular formula is C21H19N5O. The van der Waals surface area contributed by atoms with E-state index >= 15 is 0 Å². The Hall–Kier alpha value is -3.54. The summed E-state index contributed by atoms with van der Waals surface area (Å²) in [7, 11) is 1.93. The van der Waals surface area contributed by atoms with E-state index in [-0.39, 0.29) is 11.5 Å². The van der Waals surface area contributed by atoms with Crippen LogP contribution in [0, 0.1) is 13.8 Å². The quantitative estimate of drug-likeness (QED) is 0.601. The number of pyridine rings is 2. The van der Waals surface area contributed by atoms with Crippen LogP contribution >= 0.6 is 0 Å². The Morgan fingerprint density at radius 3 is 2.63 bits per heavy atom. The lowest BCUT2D eigenvalue weighted by atomic mass is 10.1. The summed E-state index contributed by atoms with van der Waals surface area (Å²) in [6.45, 7) is -0.280. The van der Waals surface area contributed by atoms with Crippen LogP contribution in [0.5, 0.6) is 0 Å². The van der Waals surface area contributed by atoms with E-state index in [0.717, 1.165) is 22.6 Å². The molecule has 0 atom stereocenters. The zero-order valence-corrected chi connectivity index (χ0v) is 14.9. The maximum Gasteiger partial charge on any atom is 0.256 e. The van der Waals surface area contributed by atoms with Gasteiger partial charge in [-0.1, -0.05) is 17.7 Å². The van der Waals surface area contributed by atoms with Crippen molar-refractivity contribution in [2.45, 2.75) is 13.8 Å². The highest BCUT2D eigenvalue weighted by atomic mass is 16.1. The van der Waals surface area contributed by atoms with E-state index in [1.54, 1.807) is 18.5 Å². The van der Waals surface area contributed by atoms with Crippen LogP contribution in [0.3, 0.4) is 0 Å². The van der Waals surface area contributed by atoms with Gasteiger partial charge in [0, 0.05) is 34.4 Å². The van der Waals surface area contributed by atoms with Gasteiger partial charge in [-0.05, 0) is 38.0 Å². The van der Waals surface area contributed by atoms with Crippen molar-refractivity contribution in [2.75, 3.05) is 5.32 Å². The molecular weight excluding hydrogens is 338 g/mol. The first kappa shape index (κ1) is 13.6. The average Bonchev–Trinajstić information content (AvgIpc) is 3.05. The number of hydrogen-bond donors (Lipinski definition) is 1. The molecule has 0 saturated heterocycles. The average molecular weight is 360 g/mol. The lowest BCUT2D eigenvalue weighted by Crippen LogP contribution is -2.12. The second kappa shape index (κ2) is 6.64. The van der Waals surface area contributed by atoms with Crippen LogP contribution in [0.4, 0.5) is 5.82 Å². The van der Waals surface area contributed by atoms with Gasteiger partial charge >= 0.3 is 0 Å². The number of hydrogen-bond acceptors (Lipinski definition) is 4. The highest BCUT2D eigenvalue weighted by Gasteiger charge is 2.10. The fraction of sp³-hybridized carbons (Fsp3) is 0.143. The Morgan fingerprint density at radius 2 is 1.93 bits per heavy atom. The third-order valence-electron chi connectivity index (χ3n) is 4.45. The van der Waals surface area contributed by atoms with Crippen LogP contribution in [0.25, 0.3) is 22.3 Å². The lowest BCUT2D eigenvalue weighted by Gasteiger charge is -2.08. The highest BCUT2D eigenvalue weighted by molar-refractivity contribution is 6.04. The molecule has 1 aromatic carbocycles. The van der Waals surface area contributed by atoms with Gasteiger partial charge < -0.3 is 9.88 Å². The Kier molecular flexibility index (Phi) is 3.35. The molecule has 4 aromatic rings. The fourth-order valence-corrected chi connectivity index (χ4v) is 2.78. The smallest absolute Gasteiger partial charge is 0.256 e. The van der Waals surface area contributed by atoms with Crippen molar-refractivity contribution in [1.29, 1.82) is 0 Å². The van der Waals surface area contributed by atoms with Crippen molar-refractivity contribution in [1.82, 2.24) is 19.5 Å². The van der Waals surface area contributed by atoms with Crippen LogP contribution in [0.2, 0.25) is 0 Å². The standard InChI is InChI=1S/C21H19N5O/c1-13-4-6-15(7-5-13)21(27)25-20-10-18-16(11-23-20)8-9-17(24-18)19-12-22-14(2)26(19)3/h4-12H,1-3H3,(H,23,25,27)/i1D3. The number of carbonyl (C=O) groups excluding carboxylic acids is 1. The molecule has 0 aliphatic rings. The van der Waals surface area contributed by atoms with Gasteiger partial charge in [-0.2, -0.15) is 0 Å². The molecule has 1 amide bonds. The van der Waals surface area contributed by atoms with Crippen LogP contribution < -0.4 is 5.32 Å². The molecule has 0 aliphatic heterocycles. The van der Waals surface area contributed by atoms with Gasteiger partial charge in [-0.25, -0.2) is 15.0 Å². The number of benzene rings is 1. The molecule has 0 fully saturated rings.